The van der Waals surface area contributed by atoms with E-state index in [4.69, 9.17) is 16.3 Å². The van der Waals surface area contributed by atoms with E-state index in [-0.39, 0.29) is 12.1 Å². The number of rotatable bonds is 5. The molecule has 1 aliphatic carbocycles. The number of halogens is 1. The van der Waals surface area contributed by atoms with Crippen molar-refractivity contribution in [1.29, 1.82) is 0 Å². The maximum Gasteiger partial charge on any atom is 0.410 e. The van der Waals surface area contributed by atoms with Crippen LogP contribution in [0.15, 0.2) is 27.9 Å². The number of ether oxygens (including phenoxy) is 1. The van der Waals surface area contributed by atoms with E-state index in [0.717, 1.165) is 25.2 Å². The maximum absolute atomic E-state index is 12.6. The standard InChI is InChI=1S/C21H34ClN3O2/c1-7-15(2)10-17(22)12-23-16(3)24-13-18-11-21(8-9-21)14-25(18)19(26)27-20(4,5)6/h10,12,18H,7-9,11,13-14H2,1-6H3,(H,23,24)/b15-10+,17-12+. The summed E-state index contributed by atoms with van der Waals surface area (Å²) in [6.07, 6.45) is 7.86. The molecule has 1 amide bonds. The normalized spacial score (nSPS) is 23.0. The summed E-state index contributed by atoms with van der Waals surface area (Å²) in [5.74, 6) is 0.789. The fourth-order valence-corrected chi connectivity index (χ4v) is 3.48. The second kappa shape index (κ2) is 8.68. The van der Waals surface area contributed by atoms with Crippen LogP contribution in [0.25, 0.3) is 0 Å². The number of hydrogen-bond donors (Lipinski definition) is 1. The lowest BCUT2D eigenvalue weighted by atomic mass is 10.0. The molecule has 1 heterocycles. The quantitative estimate of drug-likeness (QED) is 0.394. The first-order valence-electron chi connectivity index (χ1n) is 9.84. The first kappa shape index (κ1) is 21.8. The summed E-state index contributed by atoms with van der Waals surface area (Å²) in [5.41, 5.74) is 1.05. The molecule has 0 aromatic rings. The van der Waals surface area contributed by atoms with Gasteiger partial charge >= 0.3 is 6.09 Å². The van der Waals surface area contributed by atoms with Crippen molar-refractivity contribution < 1.29 is 9.53 Å². The Kier molecular flexibility index (Phi) is 7.01. The molecule has 0 radical (unpaired) electrons. The summed E-state index contributed by atoms with van der Waals surface area (Å²) in [7, 11) is 0. The lowest BCUT2D eigenvalue weighted by molar-refractivity contribution is 0.0225. The third kappa shape index (κ3) is 6.87. The Morgan fingerprint density at radius 1 is 1.37 bits per heavy atom. The minimum absolute atomic E-state index is 0.0979. The minimum Gasteiger partial charge on any atom is -0.444 e. The molecule has 1 N–H and O–H groups in total. The monoisotopic (exact) mass is 395 g/mol. The fourth-order valence-electron chi connectivity index (χ4n) is 3.24. The summed E-state index contributed by atoms with van der Waals surface area (Å²) < 4.78 is 5.60. The Morgan fingerprint density at radius 2 is 2.04 bits per heavy atom. The smallest absolute Gasteiger partial charge is 0.410 e. The van der Waals surface area contributed by atoms with Gasteiger partial charge in [0.1, 0.15) is 5.60 Å². The van der Waals surface area contributed by atoms with E-state index in [1.807, 2.05) is 38.7 Å². The van der Waals surface area contributed by atoms with Crippen LogP contribution >= 0.6 is 11.6 Å². The molecule has 2 rings (SSSR count). The van der Waals surface area contributed by atoms with E-state index >= 15 is 0 Å². The van der Waals surface area contributed by atoms with Gasteiger partial charge in [0, 0.05) is 12.7 Å². The van der Waals surface area contributed by atoms with E-state index in [1.54, 1.807) is 6.20 Å². The van der Waals surface area contributed by atoms with Gasteiger partial charge in [-0.3, -0.25) is 4.99 Å². The summed E-state index contributed by atoms with van der Waals surface area (Å²) in [6, 6.07) is 0.0979. The van der Waals surface area contributed by atoms with Crippen molar-refractivity contribution in [1.82, 2.24) is 10.2 Å². The minimum atomic E-state index is -0.479. The molecule has 0 bridgehead atoms. The molecule has 2 fully saturated rings. The molecule has 1 aliphatic heterocycles. The Morgan fingerprint density at radius 3 is 2.59 bits per heavy atom. The number of nitrogens with one attached hydrogen (secondary N) is 1. The van der Waals surface area contributed by atoms with Gasteiger partial charge in [-0.15, -0.1) is 0 Å². The largest absolute Gasteiger partial charge is 0.444 e. The van der Waals surface area contributed by atoms with Gasteiger partial charge in [-0.2, -0.15) is 0 Å². The van der Waals surface area contributed by atoms with Crippen LogP contribution in [0, 0.1) is 5.41 Å². The topological polar surface area (TPSA) is 53.9 Å². The van der Waals surface area contributed by atoms with Crippen molar-refractivity contribution in [3.05, 3.63) is 22.9 Å². The molecular formula is C21H34ClN3O2. The second-order valence-corrected chi connectivity index (χ2v) is 9.35. The predicted molar refractivity (Wildman–Crippen MR) is 112 cm³/mol. The maximum atomic E-state index is 12.6. The van der Waals surface area contributed by atoms with Gasteiger partial charge in [0.2, 0.25) is 0 Å². The molecule has 1 atom stereocenters. The molecular weight excluding hydrogens is 362 g/mol. The highest BCUT2D eigenvalue weighted by molar-refractivity contribution is 6.31. The highest BCUT2D eigenvalue weighted by Crippen LogP contribution is 2.55. The van der Waals surface area contributed by atoms with Crippen molar-refractivity contribution in [2.45, 2.75) is 78.9 Å². The number of nitrogens with zero attached hydrogens (tertiary/aromatic N) is 2. The van der Waals surface area contributed by atoms with E-state index in [1.165, 1.54) is 18.4 Å². The Bertz CT molecular complexity index is 642. The second-order valence-electron chi connectivity index (χ2n) is 8.91. The van der Waals surface area contributed by atoms with Crippen molar-refractivity contribution in [2.75, 3.05) is 13.1 Å². The van der Waals surface area contributed by atoms with E-state index in [2.05, 4.69) is 24.2 Å². The van der Waals surface area contributed by atoms with Crippen LogP contribution in [-0.4, -0.2) is 41.6 Å². The van der Waals surface area contributed by atoms with E-state index in [0.29, 0.717) is 17.0 Å². The number of hydrogen-bond acceptors (Lipinski definition) is 3. The zero-order chi connectivity index (χ0) is 20.2. The summed E-state index contributed by atoms with van der Waals surface area (Å²) in [6.45, 7) is 13.1. The summed E-state index contributed by atoms with van der Waals surface area (Å²) >= 11 is 6.20. The molecule has 152 valence electrons. The Balaban J connectivity index is 1.96. The van der Waals surface area contributed by atoms with Gasteiger partial charge < -0.3 is 15.0 Å². The highest BCUT2D eigenvalue weighted by Gasteiger charge is 2.53. The summed E-state index contributed by atoms with van der Waals surface area (Å²) in [4.78, 5) is 19.1. The number of likely N-dealkylation sites (tertiary alicyclic amines) is 1. The lowest BCUT2D eigenvalue weighted by Crippen LogP contribution is -2.41. The molecule has 1 unspecified atom stereocenters. The number of carbonyl (C=O) groups is 1. The Hall–Kier alpha value is -1.49. The molecule has 27 heavy (non-hydrogen) atoms. The van der Waals surface area contributed by atoms with Crippen molar-refractivity contribution >= 4 is 23.5 Å². The fraction of sp³-hybridized carbons (Fsp3) is 0.714. The average Bonchev–Trinajstić information content (AvgIpc) is 3.21. The van der Waals surface area contributed by atoms with Crippen LogP contribution < -0.4 is 5.32 Å². The lowest BCUT2D eigenvalue weighted by Gasteiger charge is -2.28. The van der Waals surface area contributed by atoms with Crippen LogP contribution in [-0.2, 0) is 4.74 Å². The molecule has 1 saturated carbocycles. The number of amides is 1. The van der Waals surface area contributed by atoms with Gasteiger partial charge in [0.05, 0.1) is 23.5 Å². The van der Waals surface area contributed by atoms with E-state index < -0.39 is 5.60 Å². The number of amidine groups is 1. The van der Waals surface area contributed by atoms with Gasteiger partial charge in [-0.25, -0.2) is 4.79 Å². The molecule has 2 aliphatic rings. The van der Waals surface area contributed by atoms with Gasteiger partial charge in [0.15, 0.2) is 0 Å². The highest BCUT2D eigenvalue weighted by atomic mass is 35.5. The van der Waals surface area contributed by atoms with Crippen LogP contribution in [0.5, 0.6) is 0 Å². The third-order valence-electron chi connectivity index (χ3n) is 5.10. The first-order valence-corrected chi connectivity index (χ1v) is 10.2. The van der Waals surface area contributed by atoms with Gasteiger partial charge in [-0.05, 0) is 71.8 Å². The van der Waals surface area contributed by atoms with Gasteiger partial charge in [0.25, 0.3) is 0 Å². The first-order chi connectivity index (χ1) is 12.5. The zero-order valence-corrected chi connectivity index (χ0v) is 18.3. The molecule has 1 saturated heterocycles. The van der Waals surface area contributed by atoms with E-state index in [9.17, 15) is 4.79 Å². The van der Waals surface area contributed by atoms with Gasteiger partial charge in [-0.1, -0.05) is 24.1 Å². The molecule has 0 aromatic carbocycles. The van der Waals surface area contributed by atoms with Crippen molar-refractivity contribution in [3.8, 4) is 0 Å². The number of carbonyl (C=O) groups excluding carboxylic acids is 1. The third-order valence-corrected chi connectivity index (χ3v) is 5.32. The van der Waals surface area contributed by atoms with Crippen LogP contribution in [0.4, 0.5) is 4.79 Å². The van der Waals surface area contributed by atoms with Crippen LogP contribution in [0.1, 0.15) is 67.2 Å². The molecule has 6 heteroatoms. The molecule has 0 aromatic heterocycles. The van der Waals surface area contributed by atoms with Crippen molar-refractivity contribution in [2.24, 2.45) is 10.4 Å². The molecule has 1 spiro atoms. The SMILES string of the molecule is CC/C(C)=C/C(Cl)=C\NC(C)=NCC1CC2(CC2)CN1C(=O)OC(C)(C)C. The number of allylic oxidation sites excluding steroid dienone is 3. The zero-order valence-electron chi connectivity index (χ0n) is 17.6. The van der Waals surface area contributed by atoms with Crippen LogP contribution in [0.2, 0.25) is 0 Å². The van der Waals surface area contributed by atoms with Crippen LogP contribution in [0.3, 0.4) is 0 Å². The summed E-state index contributed by atoms with van der Waals surface area (Å²) in [5, 5.41) is 3.78. The average molecular weight is 396 g/mol. The Labute approximate surface area is 168 Å². The van der Waals surface area contributed by atoms with Crippen molar-refractivity contribution in [3.63, 3.8) is 0 Å². The number of aliphatic imine (C=N–C) groups is 1. The predicted octanol–water partition coefficient (Wildman–Crippen LogP) is 5.22. The molecule has 5 nitrogen and oxygen atoms in total.